The fourth-order valence-electron chi connectivity index (χ4n) is 9.06. The first kappa shape index (κ1) is 29.3. The lowest BCUT2D eigenvalue weighted by molar-refractivity contribution is -0.162. The fraction of sp³-hybridized carbons (Fsp3) is 0.968. The summed E-state index contributed by atoms with van der Waals surface area (Å²) in [4.78, 5) is 11.4. The van der Waals surface area contributed by atoms with E-state index in [4.69, 9.17) is 5.73 Å². The SMILES string of the molecule is CCC1CC(C(C)C)C2CC1C1C(C(C)C(C)C)CC(C(C)C(C)C)C2C1CSCC(N)C(=O)O. The molecular formula is C31H57NO2S. The number of thioether (sulfide) groups is 1. The van der Waals surface area contributed by atoms with E-state index in [-0.39, 0.29) is 0 Å². The van der Waals surface area contributed by atoms with Gasteiger partial charge in [0.15, 0.2) is 0 Å². The van der Waals surface area contributed by atoms with Crippen molar-refractivity contribution in [3.8, 4) is 0 Å². The maximum absolute atomic E-state index is 11.4. The van der Waals surface area contributed by atoms with Crippen LogP contribution >= 0.6 is 11.8 Å². The third-order valence-corrected chi connectivity index (χ3v) is 12.8. The summed E-state index contributed by atoms with van der Waals surface area (Å²) in [5.74, 6) is 11.8. The molecule has 12 unspecified atom stereocenters. The van der Waals surface area contributed by atoms with Gasteiger partial charge in [0.25, 0.3) is 0 Å². The third kappa shape index (κ3) is 5.94. The molecule has 3 fully saturated rings. The predicted octanol–water partition coefficient (Wildman–Crippen LogP) is 7.54. The predicted molar refractivity (Wildman–Crippen MR) is 151 cm³/mol. The highest BCUT2D eigenvalue weighted by atomic mass is 32.2. The van der Waals surface area contributed by atoms with E-state index in [0.29, 0.717) is 23.5 Å². The molecule has 0 spiro atoms. The van der Waals surface area contributed by atoms with Crippen molar-refractivity contribution in [2.24, 2.45) is 88.6 Å². The van der Waals surface area contributed by atoms with Gasteiger partial charge in [-0.2, -0.15) is 11.8 Å². The van der Waals surface area contributed by atoms with E-state index in [1.165, 1.54) is 25.7 Å². The molecule has 3 N–H and O–H groups in total. The average molecular weight is 508 g/mol. The molecule has 0 amide bonds. The molecule has 3 aliphatic rings. The van der Waals surface area contributed by atoms with Crippen LogP contribution in [-0.2, 0) is 4.79 Å². The molecule has 0 aromatic carbocycles. The first-order chi connectivity index (χ1) is 16.4. The van der Waals surface area contributed by atoms with Crippen molar-refractivity contribution in [3.63, 3.8) is 0 Å². The van der Waals surface area contributed by atoms with Gasteiger partial charge in [-0.15, -0.1) is 0 Å². The van der Waals surface area contributed by atoms with E-state index in [1.807, 2.05) is 11.8 Å². The highest BCUT2D eigenvalue weighted by molar-refractivity contribution is 7.99. The van der Waals surface area contributed by atoms with E-state index >= 15 is 0 Å². The number of fused-ring (bicyclic) bond motifs is 6. The van der Waals surface area contributed by atoms with E-state index in [9.17, 15) is 9.90 Å². The summed E-state index contributed by atoms with van der Waals surface area (Å²) in [7, 11) is 0. The normalized spacial score (nSPS) is 39.6. The van der Waals surface area contributed by atoms with E-state index in [0.717, 1.165) is 70.8 Å². The van der Waals surface area contributed by atoms with Crippen LogP contribution in [0.25, 0.3) is 0 Å². The second-order valence-corrected chi connectivity index (χ2v) is 15.0. The van der Waals surface area contributed by atoms with E-state index in [1.54, 1.807) is 0 Å². The molecule has 3 saturated carbocycles. The lowest BCUT2D eigenvalue weighted by Gasteiger charge is -2.65. The Labute approximate surface area is 221 Å². The van der Waals surface area contributed by atoms with Crippen LogP contribution in [-0.4, -0.2) is 28.6 Å². The second-order valence-electron chi connectivity index (χ2n) is 13.9. The monoisotopic (exact) mass is 507 g/mol. The zero-order chi connectivity index (χ0) is 26.2. The first-order valence-corrected chi connectivity index (χ1v) is 16.1. The van der Waals surface area contributed by atoms with Gasteiger partial charge in [-0.3, -0.25) is 4.79 Å². The van der Waals surface area contributed by atoms with Crippen molar-refractivity contribution in [2.45, 2.75) is 94.0 Å². The molecule has 0 radical (unpaired) electrons. The number of carbonyl (C=O) groups is 1. The van der Waals surface area contributed by atoms with Crippen molar-refractivity contribution in [1.29, 1.82) is 0 Å². The number of hydrogen-bond donors (Lipinski definition) is 2. The van der Waals surface area contributed by atoms with Crippen LogP contribution in [0, 0.1) is 82.9 Å². The summed E-state index contributed by atoms with van der Waals surface area (Å²) in [5.41, 5.74) is 5.96. The van der Waals surface area contributed by atoms with Crippen molar-refractivity contribution < 1.29 is 9.90 Å². The Morgan fingerprint density at radius 1 is 0.857 bits per heavy atom. The van der Waals surface area contributed by atoms with Crippen LogP contribution in [0.4, 0.5) is 0 Å². The van der Waals surface area contributed by atoms with Gasteiger partial charge in [0, 0.05) is 5.75 Å². The van der Waals surface area contributed by atoms with Gasteiger partial charge in [0.2, 0.25) is 0 Å². The quantitative estimate of drug-likeness (QED) is 0.303. The number of aliphatic carboxylic acids is 1. The average Bonchev–Trinajstić information content (AvgIpc) is 2.80. The zero-order valence-corrected chi connectivity index (χ0v) is 25.1. The topological polar surface area (TPSA) is 63.3 Å². The lowest BCUT2D eigenvalue weighted by atomic mass is 9.40. The number of carboxylic acids is 1. The summed E-state index contributed by atoms with van der Waals surface area (Å²) in [5, 5.41) is 9.39. The van der Waals surface area contributed by atoms with Crippen molar-refractivity contribution in [3.05, 3.63) is 0 Å². The van der Waals surface area contributed by atoms with Gasteiger partial charge in [-0.05, 0) is 108 Å². The summed E-state index contributed by atoms with van der Waals surface area (Å²) in [6.45, 7) is 22.2. The van der Waals surface area contributed by atoms with Crippen LogP contribution in [0.15, 0.2) is 0 Å². The van der Waals surface area contributed by atoms with Gasteiger partial charge < -0.3 is 10.8 Å². The van der Waals surface area contributed by atoms with E-state index in [2.05, 4.69) is 62.3 Å². The number of hydrogen-bond acceptors (Lipinski definition) is 3. The van der Waals surface area contributed by atoms with Crippen LogP contribution < -0.4 is 5.73 Å². The minimum atomic E-state index is -0.860. The summed E-state index contributed by atoms with van der Waals surface area (Å²) in [6, 6.07) is -0.745. The van der Waals surface area contributed by atoms with Gasteiger partial charge in [-0.25, -0.2) is 0 Å². The van der Waals surface area contributed by atoms with E-state index < -0.39 is 12.0 Å². The van der Waals surface area contributed by atoms with Crippen LogP contribution in [0.2, 0.25) is 0 Å². The van der Waals surface area contributed by atoms with Crippen molar-refractivity contribution >= 4 is 17.7 Å². The molecule has 3 aliphatic carbocycles. The van der Waals surface area contributed by atoms with Gasteiger partial charge in [-0.1, -0.05) is 68.7 Å². The Morgan fingerprint density at radius 3 is 1.86 bits per heavy atom. The number of carboxylic acid groups (broad SMARTS) is 1. The molecule has 4 bridgehead atoms. The second kappa shape index (κ2) is 12.1. The molecular weight excluding hydrogens is 450 g/mol. The number of rotatable bonds is 11. The Balaban J connectivity index is 2.05. The van der Waals surface area contributed by atoms with Gasteiger partial charge in [0.05, 0.1) is 0 Å². The maximum atomic E-state index is 11.4. The fourth-order valence-corrected chi connectivity index (χ4v) is 10.3. The summed E-state index contributed by atoms with van der Waals surface area (Å²) < 4.78 is 0. The molecule has 204 valence electrons. The molecule has 0 heterocycles. The molecule has 0 aliphatic heterocycles. The Morgan fingerprint density at radius 2 is 1.40 bits per heavy atom. The molecule has 3 rings (SSSR count). The summed E-state index contributed by atoms with van der Waals surface area (Å²) >= 11 is 1.85. The molecule has 35 heavy (non-hydrogen) atoms. The lowest BCUT2D eigenvalue weighted by Crippen LogP contribution is -2.60. The van der Waals surface area contributed by atoms with Crippen LogP contribution in [0.5, 0.6) is 0 Å². The Kier molecular flexibility index (Phi) is 10.1. The Bertz CT molecular complexity index is 693. The number of nitrogens with two attached hydrogens (primary N) is 1. The molecule has 4 heteroatoms. The minimum absolute atomic E-state index is 0.542. The minimum Gasteiger partial charge on any atom is -0.480 e. The van der Waals surface area contributed by atoms with Gasteiger partial charge >= 0.3 is 5.97 Å². The largest absolute Gasteiger partial charge is 0.480 e. The highest BCUT2D eigenvalue weighted by Gasteiger charge is 2.60. The highest BCUT2D eigenvalue weighted by Crippen LogP contribution is 2.66. The smallest absolute Gasteiger partial charge is 0.321 e. The third-order valence-electron chi connectivity index (χ3n) is 11.5. The molecule has 0 saturated heterocycles. The zero-order valence-electron chi connectivity index (χ0n) is 24.2. The summed E-state index contributed by atoms with van der Waals surface area (Å²) in [6.07, 6.45) is 5.62. The molecule has 12 atom stereocenters. The first-order valence-electron chi connectivity index (χ1n) is 15.0. The van der Waals surface area contributed by atoms with Gasteiger partial charge in [0.1, 0.15) is 6.04 Å². The molecule has 0 aromatic rings. The van der Waals surface area contributed by atoms with Crippen LogP contribution in [0.1, 0.15) is 88.0 Å². The maximum Gasteiger partial charge on any atom is 0.321 e. The molecule has 0 aromatic heterocycles. The standard InChI is InChI=1S/C31H57NO2S/c1-10-21-11-22(18(6)7)26-13-25(21)29-23(19(8)16(2)3)12-24(20(9)17(4)5)30(26)27(29)14-35-15-28(32)31(33)34/h16-30H,10-15,32H2,1-9H3,(H,33,34). The Hall–Kier alpha value is -0.220. The molecule has 3 nitrogen and oxygen atoms in total. The van der Waals surface area contributed by atoms with Crippen LogP contribution in [0.3, 0.4) is 0 Å². The van der Waals surface area contributed by atoms with Crippen molar-refractivity contribution in [1.82, 2.24) is 0 Å². The van der Waals surface area contributed by atoms with Crippen molar-refractivity contribution in [2.75, 3.05) is 11.5 Å².